The first-order valence-electron chi connectivity index (χ1n) is 10.5. The fourth-order valence-electron chi connectivity index (χ4n) is 3.65. The van der Waals surface area contributed by atoms with Crippen LogP contribution >= 0.6 is 24.0 Å². The maximum atomic E-state index is 5.76. The Hall–Kier alpha value is -1.61. The Bertz CT molecular complexity index is 726. The molecule has 0 aliphatic carbocycles. The Labute approximate surface area is 191 Å². The summed E-state index contributed by atoms with van der Waals surface area (Å²) in [6, 6.07) is 10.5. The molecule has 0 amide bonds. The molecule has 1 aliphatic heterocycles. The first kappa shape index (κ1) is 23.7. The molecule has 1 aromatic heterocycles. The van der Waals surface area contributed by atoms with Gasteiger partial charge in [-0.05, 0) is 32.3 Å². The molecular formula is C22H34IN5O. The zero-order valence-corrected chi connectivity index (χ0v) is 19.9. The maximum absolute atomic E-state index is 5.76. The number of likely N-dealkylation sites (tertiary alicyclic amines) is 1. The number of imidazole rings is 1. The molecule has 6 nitrogen and oxygen atoms in total. The van der Waals surface area contributed by atoms with Crippen molar-refractivity contribution in [1.29, 1.82) is 0 Å². The predicted molar refractivity (Wildman–Crippen MR) is 129 cm³/mol. The molecule has 0 bridgehead atoms. The minimum Gasteiger partial charge on any atom is -0.378 e. The van der Waals surface area contributed by atoms with Crippen LogP contribution in [0.4, 0.5) is 0 Å². The number of ether oxygens (including phenoxy) is 1. The number of hydrogen-bond acceptors (Lipinski definition) is 3. The summed E-state index contributed by atoms with van der Waals surface area (Å²) in [5.74, 6) is 2.09. The van der Waals surface area contributed by atoms with Gasteiger partial charge in [-0.25, -0.2) is 4.98 Å². The molecule has 0 unspecified atom stereocenters. The summed E-state index contributed by atoms with van der Waals surface area (Å²) in [4.78, 5) is 11.8. The molecule has 7 heteroatoms. The highest BCUT2D eigenvalue weighted by atomic mass is 127. The van der Waals surface area contributed by atoms with Gasteiger partial charge in [0, 0.05) is 58.1 Å². The molecule has 1 saturated heterocycles. The third kappa shape index (κ3) is 7.29. The van der Waals surface area contributed by atoms with Gasteiger partial charge in [0.1, 0.15) is 5.82 Å². The number of rotatable bonds is 8. The topological polar surface area (TPSA) is 54.7 Å². The normalized spacial score (nSPS) is 15.2. The van der Waals surface area contributed by atoms with E-state index in [0.717, 1.165) is 70.4 Å². The highest BCUT2D eigenvalue weighted by Crippen LogP contribution is 2.14. The van der Waals surface area contributed by atoms with E-state index in [4.69, 9.17) is 9.73 Å². The van der Waals surface area contributed by atoms with Gasteiger partial charge in [-0.15, -0.1) is 24.0 Å². The van der Waals surface area contributed by atoms with Gasteiger partial charge in [-0.3, -0.25) is 4.99 Å². The second-order valence-electron chi connectivity index (χ2n) is 7.08. The molecule has 0 spiro atoms. The van der Waals surface area contributed by atoms with Crippen LogP contribution in [0.5, 0.6) is 0 Å². The molecule has 160 valence electrons. The molecule has 3 rings (SSSR count). The first-order valence-corrected chi connectivity index (χ1v) is 10.5. The van der Waals surface area contributed by atoms with Crippen LogP contribution in [0.3, 0.4) is 0 Å². The van der Waals surface area contributed by atoms with Crippen LogP contribution in [0.15, 0.2) is 47.7 Å². The van der Waals surface area contributed by atoms with E-state index in [-0.39, 0.29) is 24.0 Å². The first-order chi connectivity index (χ1) is 13.8. The summed E-state index contributed by atoms with van der Waals surface area (Å²) in [6.45, 7) is 9.46. The number of hydrogen-bond donors (Lipinski definition) is 1. The second kappa shape index (κ2) is 12.8. The lowest BCUT2D eigenvalue weighted by atomic mass is 10.1. The highest BCUT2D eigenvalue weighted by Gasteiger charge is 2.21. The van der Waals surface area contributed by atoms with Gasteiger partial charge in [0.15, 0.2) is 5.96 Å². The summed E-state index contributed by atoms with van der Waals surface area (Å²) in [5.41, 5.74) is 1.29. The Morgan fingerprint density at radius 1 is 1.21 bits per heavy atom. The van der Waals surface area contributed by atoms with Gasteiger partial charge in [-0.2, -0.15) is 0 Å². The van der Waals surface area contributed by atoms with Crippen LogP contribution in [0, 0.1) is 0 Å². The van der Waals surface area contributed by atoms with Crippen molar-refractivity contribution in [1.82, 2.24) is 19.8 Å². The smallest absolute Gasteiger partial charge is 0.193 e. The van der Waals surface area contributed by atoms with E-state index >= 15 is 0 Å². The molecule has 1 aliphatic rings. The summed E-state index contributed by atoms with van der Waals surface area (Å²) < 4.78 is 7.98. The average molecular weight is 511 g/mol. The minimum absolute atomic E-state index is 0. The Morgan fingerprint density at radius 2 is 1.97 bits per heavy atom. The number of nitrogens with one attached hydrogen (secondary N) is 1. The van der Waals surface area contributed by atoms with E-state index in [9.17, 15) is 0 Å². The van der Waals surface area contributed by atoms with Gasteiger partial charge in [0.2, 0.25) is 0 Å². The summed E-state index contributed by atoms with van der Waals surface area (Å²) >= 11 is 0. The minimum atomic E-state index is 0. The van der Waals surface area contributed by atoms with Crippen molar-refractivity contribution in [3.63, 3.8) is 0 Å². The molecule has 0 saturated carbocycles. The van der Waals surface area contributed by atoms with E-state index < -0.39 is 0 Å². The molecule has 0 atom stereocenters. The fraction of sp³-hybridized carbons (Fsp3) is 0.545. The van der Waals surface area contributed by atoms with Gasteiger partial charge in [0.25, 0.3) is 0 Å². The fourth-order valence-corrected chi connectivity index (χ4v) is 3.65. The van der Waals surface area contributed by atoms with E-state index in [1.54, 1.807) is 0 Å². The van der Waals surface area contributed by atoms with E-state index in [1.807, 2.05) is 12.3 Å². The monoisotopic (exact) mass is 511 g/mol. The third-order valence-corrected chi connectivity index (χ3v) is 5.07. The van der Waals surface area contributed by atoms with Crippen molar-refractivity contribution in [2.45, 2.75) is 45.8 Å². The lowest BCUT2D eigenvalue weighted by Gasteiger charge is -2.34. The van der Waals surface area contributed by atoms with Crippen LogP contribution in [-0.4, -0.2) is 59.3 Å². The number of halogens is 1. The van der Waals surface area contributed by atoms with Gasteiger partial charge in [-0.1, -0.05) is 30.3 Å². The largest absolute Gasteiger partial charge is 0.378 e. The van der Waals surface area contributed by atoms with Gasteiger partial charge < -0.3 is 19.5 Å². The second-order valence-corrected chi connectivity index (χ2v) is 7.08. The third-order valence-electron chi connectivity index (χ3n) is 5.07. The molecule has 2 heterocycles. The lowest BCUT2D eigenvalue weighted by molar-refractivity contribution is 0.0264. The van der Waals surface area contributed by atoms with Crippen LogP contribution in [0.25, 0.3) is 0 Å². The molecule has 2 aromatic rings. The SMILES string of the molecule is CCNC(=NCCc1nccn1Cc1ccccc1)N1CCC(OCC)CC1.I. The van der Waals surface area contributed by atoms with Crippen LogP contribution < -0.4 is 5.32 Å². The number of aromatic nitrogens is 2. The van der Waals surface area contributed by atoms with Crippen molar-refractivity contribution < 1.29 is 4.74 Å². The van der Waals surface area contributed by atoms with E-state index in [0.29, 0.717) is 6.10 Å². The summed E-state index contributed by atoms with van der Waals surface area (Å²) in [7, 11) is 0. The predicted octanol–water partition coefficient (Wildman–Crippen LogP) is 3.56. The zero-order valence-electron chi connectivity index (χ0n) is 17.6. The maximum Gasteiger partial charge on any atom is 0.193 e. The number of nitrogens with zero attached hydrogens (tertiary/aromatic N) is 4. The Morgan fingerprint density at radius 3 is 2.66 bits per heavy atom. The molecule has 1 fully saturated rings. The van der Waals surface area contributed by atoms with Crippen LogP contribution in [-0.2, 0) is 17.7 Å². The molecule has 29 heavy (non-hydrogen) atoms. The number of piperidine rings is 1. The van der Waals surface area contributed by atoms with Gasteiger partial charge in [0.05, 0.1) is 6.10 Å². The molecule has 1 N–H and O–H groups in total. The van der Waals surface area contributed by atoms with Crippen molar-refractivity contribution in [2.75, 3.05) is 32.8 Å². The molecular weight excluding hydrogens is 477 g/mol. The summed E-state index contributed by atoms with van der Waals surface area (Å²) in [6.07, 6.45) is 7.31. The van der Waals surface area contributed by atoms with Crippen molar-refractivity contribution in [2.24, 2.45) is 4.99 Å². The summed E-state index contributed by atoms with van der Waals surface area (Å²) in [5, 5.41) is 3.44. The van der Waals surface area contributed by atoms with Gasteiger partial charge >= 0.3 is 0 Å². The number of guanidine groups is 1. The molecule has 1 aromatic carbocycles. The van der Waals surface area contributed by atoms with Crippen molar-refractivity contribution in [3.05, 3.63) is 54.1 Å². The van der Waals surface area contributed by atoms with E-state index in [2.05, 4.69) is 64.1 Å². The average Bonchev–Trinajstić information content (AvgIpc) is 3.16. The van der Waals surface area contributed by atoms with E-state index in [1.165, 1.54) is 5.56 Å². The van der Waals surface area contributed by atoms with Crippen LogP contribution in [0.2, 0.25) is 0 Å². The standard InChI is InChI=1S/C22H33N5O.HI/c1-3-23-22(26-15-11-20(12-16-26)28-4-2)25-13-10-21-24-14-17-27(21)18-19-8-6-5-7-9-19;/h5-9,14,17,20H,3-4,10-13,15-16,18H2,1-2H3,(H,23,25);1H. The number of benzene rings is 1. The van der Waals surface area contributed by atoms with Crippen molar-refractivity contribution in [3.8, 4) is 0 Å². The van der Waals surface area contributed by atoms with Crippen molar-refractivity contribution >= 4 is 29.9 Å². The lowest BCUT2D eigenvalue weighted by Crippen LogP contribution is -2.47. The quantitative estimate of drug-likeness (QED) is 0.335. The Balaban J connectivity index is 0.00000300. The zero-order chi connectivity index (χ0) is 19.6. The molecule has 0 radical (unpaired) electrons. The Kier molecular flexibility index (Phi) is 10.5. The van der Waals surface area contributed by atoms with Crippen LogP contribution in [0.1, 0.15) is 38.1 Å². The number of aliphatic imine (C=N–C) groups is 1. The highest BCUT2D eigenvalue weighted by molar-refractivity contribution is 14.0.